The summed E-state index contributed by atoms with van der Waals surface area (Å²) in [5.41, 5.74) is -4.28. The summed E-state index contributed by atoms with van der Waals surface area (Å²) in [6.45, 7) is 2.29. The number of aromatic amines is 1. The van der Waals surface area contributed by atoms with E-state index in [9.17, 15) is 24.4 Å². The van der Waals surface area contributed by atoms with Gasteiger partial charge in [0.1, 0.15) is 11.9 Å². The normalized spacial score (nSPS) is 26.3. The molecule has 0 bridgehead atoms. The first-order valence-electron chi connectivity index (χ1n) is 10.1. The lowest BCUT2D eigenvalue weighted by molar-refractivity contribution is -0.206. The Bertz CT molecular complexity index is 1200. The predicted octanol–water partition coefficient (Wildman–Crippen LogP) is 1.02. The number of benzene rings is 1. The fourth-order valence-corrected chi connectivity index (χ4v) is 4.16. The summed E-state index contributed by atoms with van der Waals surface area (Å²) < 4.78 is 41.1. The van der Waals surface area contributed by atoms with E-state index in [0.717, 1.165) is 30.9 Å². The van der Waals surface area contributed by atoms with Crippen molar-refractivity contribution in [1.29, 1.82) is 0 Å². The molecule has 1 aliphatic heterocycles. The molecule has 7 atom stereocenters. The lowest BCUT2D eigenvalue weighted by atomic mass is 9.98. The highest BCUT2D eigenvalue weighted by atomic mass is 35.5. The molecule has 0 amide bonds. The number of carbonyl (C=O) groups is 1. The van der Waals surface area contributed by atoms with Crippen LogP contribution in [0.1, 0.15) is 20.1 Å². The summed E-state index contributed by atoms with van der Waals surface area (Å²) >= 11 is 5.87. The topological polar surface area (TPSA) is 164 Å². The van der Waals surface area contributed by atoms with Crippen molar-refractivity contribution in [2.24, 2.45) is 4.74 Å². The number of methoxy groups -OCH3 is 1. The highest BCUT2D eigenvalue weighted by molar-refractivity contribution is 7.33. The average Bonchev–Trinajstić information content (AvgIpc) is 3.03. The monoisotopic (exact) mass is 533 g/mol. The third-order valence-corrected chi connectivity index (χ3v) is 6.28. The van der Waals surface area contributed by atoms with Crippen LogP contribution in [0.3, 0.4) is 0 Å². The highest BCUT2D eigenvalue weighted by Gasteiger charge is 2.59. The standard InChI is InChI=1S/C20H22ClFN3O9P/c1-10(16(28)31-3)24-35(30)34-17(32-12-6-4-11(21)5-7-12)14-15(27)20(2,22)18(33-14)25-9-8-13(26)23-19(25)29/h4-10,14-15,17-18,27H,1-3H3,(H,23,26,29)/t10-,14+,15+,17?,18+,20+/m0/s1. The highest BCUT2D eigenvalue weighted by Crippen LogP contribution is 2.43. The Balaban J connectivity index is 1.95. The molecule has 12 nitrogen and oxygen atoms in total. The molecule has 2 aromatic rings. The molecule has 1 fully saturated rings. The van der Waals surface area contributed by atoms with Crippen molar-refractivity contribution in [2.75, 3.05) is 7.11 Å². The molecule has 190 valence electrons. The van der Waals surface area contributed by atoms with Gasteiger partial charge in [-0.3, -0.25) is 14.3 Å². The maximum absolute atomic E-state index is 15.6. The Morgan fingerprint density at radius 2 is 2.03 bits per heavy atom. The van der Waals surface area contributed by atoms with Crippen molar-refractivity contribution in [1.82, 2.24) is 9.55 Å². The fourth-order valence-electron chi connectivity index (χ4n) is 3.26. The van der Waals surface area contributed by atoms with Crippen molar-refractivity contribution < 1.29 is 37.9 Å². The van der Waals surface area contributed by atoms with Gasteiger partial charge in [0, 0.05) is 17.3 Å². The third kappa shape index (κ3) is 6.13. The Morgan fingerprint density at radius 3 is 2.63 bits per heavy atom. The summed E-state index contributed by atoms with van der Waals surface area (Å²) in [6, 6.07) is 5.63. The Kier molecular flexibility index (Phi) is 8.42. The van der Waals surface area contributed by atoms with Gasteiger partial charge in [0.2, 0.25) is 0 Å². The molecule has 2 N–H and O–H groups in total. The molecule has 2 heterocycles. The van der Waals surface area contributed by atoms with Crippen LogP contribution in [-0.2, 0) is 18.8 Å². The molecule has 1 aromatic heterocycles. The zero-order chi connectivity index (χ0) is 25.9. The van der Waals surface area contributed by atoms with Crippen molar-refractivity contribution in [3.63, 3.8) is 0 Å². The van der Waals surface area contributed by atoms with Crippen LogP contribution in [0.15, 0.2) is 50.9 Å². The molecule has 35 heavy (non-hydrogen) atoms. The van der Waals surface area contributed by atoms with E-state index in [4.69, 9.17) is 25.6 Å². The molecule has 1 aliphatic rings. The van der Waals surface area contributed by atoms with Crippen LogP contribution in [-0.4, -0.2) is 57.9 Å². The maximum atomic E-state index is 15.6. The Labute approximate surface area is 203 Å². The number of aromatic nitrogens is 2. The molecule has 0 spiro atoms. The molecule has 1 aromatic carbocycles. The van der Waals surface area contributed by atoms with Crippen LogP contribution in [0.4, 0.5) is 4.39 Å². The number of hydrogen-bond donors (Lipinski definition) is 2. The van der Waals surface area contributed by atoms with E-state index < -0.39 is 61.8 Å². The van der Waals surface area contributed by atoms with E-state index in [0.29, 0.717) is 5.02 Å². The molecule has 3 rings (SSSR count). The molecule has 0 saturated carbocycles. The van der Waals surface area contributed by atoms with Crippen molar-refractivity contribution >= 4 is 25.7 Å². The molecule has 15 heteroatoms. The first-order chi connectivity index (χ1) is 16.4. The summed E-state index contributed by atoms with van der Waals surface area (Å²) in [6.07, 6.45) is -6.02. The minimum atomic E-state index is -2.95. The van der Waals surface area contributed by atoms with Crippen LogP contribution in [0.5, 0.6) is 5.75 Å². The van der Waals surface area contributed by atoms with Gasteiger partial charge in [0.05, 0.1) is 7.11 Å². The van der Waals surface area contributed by atoms with E-state index in [1.54, 1.807) is 0 Å². The van der Waals surface area contributed by atoms with Gasteiger partial charge in [-0.15, -0.1) is 4.52 Å². The smallest absolute Gasteiger partial charge is 0.346 e. The van der Waals surface area contributed by atoms with Crippen LogP contribution >= 0.6 is 19.8 Å². The Hall–Kier alpha value is -2.67. The lowest BCUT2D eigenvalue weighted by Gasteiger charge is -2.25. The zero-order valence-electron chi connectivity index (χ0n) is 18.7. The molecular weight excluding hydrogens is 512 g/mol. The van der Waals surface area contributed by atoms with Gasteiger partial charge in [0.25, 0.3) is 11.8 Å². The number of rotatable bonds is 8. The van der Waals surface area contributed by atoms with Crippen molar-refractivity contribution in [2.45, 2.75) is 50.3 Å². The lowest BCUT2D eigenvalue weighted by Crippen LogP contribution is -2.46. The number of esters is 1. The maximum Gasteiger partial charge on any atom is 0.346 e. The van der Waals surface area contributed by atoms with Crippen LogP contribution < -0.4 is 20.9 Å². The number of H-pyrrole nitrogens is 1. The molecular formula is C20H22ClFN3O9P. The first-order valence-corrected chi connectivity index (χ1v) is 11.6. The number of nitrogens with zero attached hydrogens (tertiary/aromatic N) is 2. The largest absolute Gasteiger partial charge is 0.583 e. The number of nitrogens with one attached hydrogen (secondary N) is 1. The molecule has 0 radical (unpaired) electrons. The van der Waals surface area contributed by atoms with E-state index in [2.05, 4.69) is 9.48 Å². The van der Waals surface area contributed by atoms with E-state index >= 15 is 4.39 Å². The number of aliphatic hydroxyl groups is 1. The minimum absolute atomic E-state index is 0.129. The SMILES string of the molecule is COC(=O)[C@H](C)/N=[P+](\[O-])OC(Oc1ccc(Cl)cc1)[C@@H]1O[C@@H](n2ccc(=O)[nH]c2=O)[C@](C)(F)[C@@H]1O. The van der Waals surface area contributed by atoms with Gasteiger partial charge in [-0.1, -0.05) is 16.3 Å². The Morgan fingerprint density at radius 1 is 1.37 bits per heavy atom. The van der Waals surface area contributed by atoms with E-state index in [1.165, 1.54) is 31.2 Å². The third-order valence-electron chi connectivity index (χ3n) is 5.10. The second-order valence-corrected chi connectivity index (χ2v) is 9.02. The number of hydrogen-bond acceptors (Lipinski definition) is 10. The van der Waals surface area contributed by atoms with Gasteiger partial charge in [-0.25, -0.2) is 14.0 Å². The number of alkyl halides is 1. The first kappa shape index (κ1) is 26.9. The zero-order valence-corrected chi connectivity index (χ0v) is 20.3. The molecule has 1 saturated heterocycles. The number of carbonyl (C=O) groups excluding carboxylic acids is 1. The van der Waals surface area contributed by atoms with Crippen LogP contribution in [0.25, 0.3) is 0 Å². The summed E-state index contributed by atoms with van der Waals surface area (Å²) in [4.78, 5) is 49.7. The second-order valence-electron chi connectivity index (χ2n) is 7.66. The van der Waals surface area contributed by atoms with Gasteiger partial charge in [-0.05, 0) is 38.1 Å². The average molecular weight is 534 g/mol. The number of ether oxygens (including phenoxy) is 3. The van der Waals surface area contributed by atoms with E-state index in [1.807, 2.05) is 4.98 Å². The molecule has 0 aliphatic carbocycles. The summed E-state index contributed by atoms with van der Waals surface area (Å²) in [5, 5.41) is 11.1. The summed E-state index contributed by atoms with van der Waals surface area (Å²) in [5.74, 6) is -0.650. The van der Waals surface area contributed by atoms with Crippen molar-refractivity contribution in [3.8, 4) is 5.75 Å². The fraction of sp³-hybridized carbons (Fsp3) is 0.450. The second kappa shape index (κ2) is 10.9. The van der Waals surface area contributed by atoms with Gasteiger partial charge >= 0.3 is 19.8 Å². The predicted molar refractivity (Wildman–Crippen MR) is 119 cm³/mol. The van der Waals surface area contributed by atoms with Crippen molar-refractivity contribution in [3.05, 3.63) is 62.4 Å². The number of halogens is 2. The van der Waals surface area contributed by atoms with Gasteiger partial charge < -0.3 is 24.2 Å². The quantitative estimate of drug-likeness (QED) is 0.286. The molecule has 2 unspecified atom stereocenters. The number of aliphatic hydroxyl groups excluding tert-OH is 1. The van der Waals surface area contributed by atoms with Gasteiger partial charge in [0.15, 0.2) is 24.0 Å². The van der Waals surface area contributed by atoms with Crippen LogP contribution in [0.2, 0.25) is 5.02 Å². The van der Waals surface area contributed by atoms with E-state index in [-0.39, 0.29) is 5.75 Å². The van der Waals surface area contributed by atoms with Gasteiger partial charge in [-0.2, -0.15) is 0 Å². The van der Waals surface area contributed by atoms with Crippen LogP contribution in [0, 0.1) is 0 Å². The minimum Gasteiger partial charge on any atom is -0.583 e. The summed E-state index contributed by atoms with van der Waals surface area (Å²) in [7, 11) is -1.83.